The van der Waals surface area contributed by atoms with E-state index in [1.54, 1.807) is 0 Å². The fraction of sp³-hybridized carbons (Fsp3) is 0.935. The second-order valence-corrected chi connectivity index (χ2v) is 10.8. The van der Waals surface area contributed by atoms with Gasteiger partial charge in [-0.3, -0.25) is 9.59 Å². The second kappa shape index (κ2) is 26.6. The molecule has 0 spiro atoms. The first-order valence-electron chi connectivity index (χ1n) is 15.9. The van der Waals surface area contributed by atoms with E-state index < -0.39 is 11.4 Å². The minimum absolute atomic E-state index is 0.0236. The van der Waals surface area contributed by atoms with Gasteiger partial charge in [-0.05, 0) is 44.9 Å². The monoisotopic (exact) mass is 576 g/mol. The molecule has 0 saturated heterocycles. The lowest BCUT2D eigenvalue weighted by Crippen LogP contribution is -2.42. The van der Waals surface area contributed by atoms with Gasteiger partial charge in [0.05, 0.1) is 44.1 Å². The van der Waals surface area contributed by atoms with Crippen LogP contribution in [-0.2, 0) is 38.6 Å². The summed E-state index contributed by atoms with van der Waals surface area (Å²) < 4.78 is 10.8. The maximum Gasteiger partial charge on any atom is 0.305 e. The van der Waals surface area contributed by atoms with Gasteiger partial charge in [-0.25, -0.2) is 19.6 Å². The summed E-state index contributed by atoms with van der Waals surface area (Å²) in [6.07, 6.45) is 14.2. The van der Waals surface area contributed by atoms with Crippen molar-refractivity contribution in [1.82, 2.24) is 0 Å². The maximum absolute atomic E-state index is 12.4. The van der Waals surface area contributed by atoms with Crippen LogP contribution < -0.4 is 0 Å². The first kappa shape index (κ1) is 38.7. The van der Waals surface area contributed by atoms with Crippen LogP contribution in [0.25, 0.3) is 0 Å². The van der Waals surface area contributed by atoms with Crippen LogP contribution >= 0.6 is 0 Å². The smallest absolute Gasteiger partial charge is 0.305 e. The van der Waals surface area contributed by atoms with Crippen molar-refractivity contribution in [2.75, 3.05) is 33.0 Å². The Labute approximate surface area is 243 Å². The number of esters is 2. The lowest BCUT2D eigenvalue weighted by molar-refractivity contribution is -0.370. The fourth-order valence-electron chi connectivity index (χ4n) is 3.96. The standard InChI is InChI=1S/C31H60O9/c1-6-11-12-13-14-15-16-19-22-35-29(33)20-17-18-21-30(34)36-24-31(23-32,25-37-39-27(7-2)8-3)26-38-40-28(9-4)10-5/h27-28,32H,6-26H2,1-5H3. The molecule has 9 heteroatoms. The van der Waals surface area contributed by atoms with E-state index >= 15 is 0 Å². The van der Waals surface area contributed by atoms with Gasteiger partial charge >= 0.3 is 11.9 Å². The zero-order valence-electron chi connectivity index (χ0n) is 26.2. The lowest BCUT2D eigenvalue weighted by atomic mass is 9.92. The zero-order chi connectivity index (χ0) is 29.9. The van der Waals surface area contributed by atoms with E-state index in [-0.39, 0.29) is 57.4 Å². The minimum Gasteiger partial charge on any atom is -0.466 e. The predicted molar refractivity (Wildman–Crippen MR) is 155 cm³/mol. The molecule has 40 heavy (non-hydrogen) atoms. The van der Waals surface area contributed by atoms with Crippen LogP contribution in [0.2, 0.25) is 0 Å². The molecule has 0 aromatic rings. The summed E-state index contributed by atoms with van der Waals surface area (Å²) in [4.78, 5) is 46.1. The van der Waals surface area contributed by atoms with Crippen LogP contribution in [0.3, 0.4) is 0 Å². The van der Waals surface area contributed by atoms with E-state index in [4.69, 9.17) is 29.0 Å². The Hall–Kier alpha value is -1.26. The highest BCUT2D eigenvalue weighted by Crippen LogP contribution is 2.22. The van der Waals surface area contributed by atoms with Crippen molar-refractivity contribution in [2.45, 2.75) is 150 Å². The molecule has 1 N–H and O–H groups in total. The highest BCUT2D eigenvalue weighted by atomic mass is 17.2. The molecular weight excluding hydrogens is 516 g/mol. The molecule has 0 atom stereocenters. The maximum atomic E-state index is 12.4. The molecule has 0 aromatic heterocycles. The Kier molecular flexibility index (Phi) is 25.8. The van der Waals surface area contributed by atoms with Crippen LogP contribution in [0.4, 0.5) is 0 Å². The highest BCUT2D eigenvalue weighted by Gasteiger charge is 2.34. The summed E-state index contributed by atoms with van der Waals surface area (Å²) in [6, 6.07) is 0. The normalized spacial score (nSPS) is 11.9. The Morgan fingerprint density at radius 3 is 1.50 bits per heavy atom. The topological polar surface area (TPSA) is 110 Å². The van der Waals surface area contributed by atoms with Crippen molar-refractivity contribution in [1.29, 1.82) is 0 Å². The molecule has 0 rings (SSSR count). The van der Waals surface area contributed by atoms with Gasteiger partial charge in [0.2, 0.25) is 0 Å². The largest absolute Gasteiger partial charge is 0.466 e. The second-order valence-electron chi connectivity index (χ2n) is 10.8. The number of hydrogen-bond acceptors (Lipinski definition) is 9. The van der Waals surface area contributed by atoms with E-state index in [0.717, 1.165) is 38.5 Å². The average Bonchev–Trinajstić information content (AvgIpc) is 2.97. The predicted octanol–water partition coefficient (Wildman–Crippen LogP) is 7.03. The summed E-state index contributed by atoms with van der Waals surface area (Å²) >= 11 is 0. The van der Waals surface area contributed by atoms with Gasteiger partial charge in [-0.1, -0.05) is 79.6 Å². The van der Waals surface area contributed by atoms with E-state index in [2.05, 4.69) is 6.92 Å². The average molecular weight is 577 g/mol. The molecule has 0 amide bonds. The van der Waals surface area contributed by atoms with Gasteiger partial charge in [0.15, 0.2) is 0 Å². The number of carbonyl (C=O) groups is 2. The van der Waals surface area contributed by atoms with Gasteiger partial charge in [-0.2, -0.15) is 0 Å². The molecule has 0 radical (unpaired) electrons. The van der Waals surface area contributed by atoms with Crippen LogP contribution in [0.15, 0.2) is 0 Å². The van der Waals surface area contributed by atoms with Crippen molar-refractivity contribution in [3.8, 4) is 0 Å². The number of carbonyl (C=O) groups excluding carboxylic acids is 2. The molecule has 0 unspecified atom stereocenters. The van der Waals surface area contributed by atoms with Crippen LogP contribution in [0, 0.1) is 5.41 Å². The number of aliphatic hydroxyl groups excluding tert-OH is 1. The molecule has 0 bridgehead atoms. The summed E-state index contributed by atoms with van der Waals surface area (Å²) in [5, 5.41) is 10.2. The van der Waals surface area contributed by atoms with Gasteiger partial charge in [0.25, 0.3) is 0 Å². The Bertz CT molecular complexity index is 573. The summed E-state index contributed by atoms with van der Waals surface area (Å²) in [5.74, 6) is -0.633. The van der Waals surface area contributed by atoms with Crippen molar-refractivity contribution in [3.63, 3.8) is 0 Å². The van der Waals surface area contributed by atoms with E-state index in [0.29, 0.717) is 19.4 Å². The number of ether oxygens (including phenoxy) is 2. The molecule has 0 aliphatic rings. The Morgan fingerprint density at radius 1 is 0.600 bits per heavy atom. The molecule has 0 fully saturated rings. The third-order valence-electron chi connectivity index (χ3n) is 7.11. The Morgan fingerprint density at radius 2 is 1.05 bits per heavy atom. The molecule has 9 nitrogen and oxygen atoms in total. The van der Waals surface area contributed by atoms with E-state index in [1.165, 1.54) is 38.5 Å². The summed E-state index contributed by atoms with van der Waals surface area (Å²) in [6.45, 7) is 10.2. The third kappa shape index (κ3) is 20.6. The Balaban J connectivity index is 4.35. The molecule has 0 aliphatic carbocycles. The molecular formula is C31H60O9. The van der Waals surface area contributed by atoms with Crippen molar-refractivity contribution in [3.05, 3.63) is 0 Å². The lowest BCUT2D eigenvalue weighted by Gasteiger charge is -2.30. The first-order chi connectivity index (χ1) is 19.4. The fourth-order valence-corrected chi connectivity index (χ4v) is 3.96. The SMILES string of the molecule is CCCCCCCCCCOC(=O)CCCCC(=O)OCC(CO)(COOC(CC)CC)COOC(CC)CC. The number of unbranched alkanes of at least 4 members (excludes halogenated alkanes) is 8. The van der Waals surface area contributed by atoms with Crippen LogP contribution in [0.1, 0.15) is 137 Å². The van der Waals surface area contributed by atoms with Crippen molar-refractivity contribution in [2.24, 2.45) is 5.41 Å². The number of hydrogen-bond donors (Lipinski definition) is 1. The zero-order valence-corrected chi connectivity index (χ0v) is 26.2. The molecule has 0 aromatic carbocycles. The number of rotatable bonds is 29. The molecule has 0 saturated carbocycles. The molecule has 238 valence electrons. The van der Waals surface area contributed by atoms with Gasteiger partial charge in [0.1, 0.15) is 6.61 Å². The molecule has 0 heterocycles. The van der Waals surface area contributed by atoms with Crippen molar-refractivity contribution < 1.29 is 43.7 Å². The van der Waals surface area contributed by atoms with Crippen LogP contribution in [-0.4, -0.2) is 62.3 Å². The van der Waals surface area contributed by atoms with E-state index in [9.17, 15) is 14.7 Å². The summed E-state index contributed by atoms with van der Waals surface area (Å²) in [7, 11) is 0. The summed E-state index contributed by atoms with van der Waals surface area (Å²) in [5.41, 5.74) is -1.03. The van der Waals surface area contributed by atoms with Gasteiger partial charge in [-0.15, -0.1) is 0 Å². The first-order valence-corrected chi connectivity index (χ1v) is 15.9. The van der Waals surface area contributed by atoms with Crippen molar-refractivity contribution >= 4 is 11.9 Å². The van der Waals surface area contributed by atoms with E-state index in [1.807, 2.05) is 27.7 Å². The molecule has 0 aliphatic heterocycles. The number of aliphatic hydroxyl groups is 1. The van der Waals surface area contributed by atoms with Gasteiger partial charge in [0, 0.05) is 12.8 Å². The van der Waals surface area contributed by atoms with Crippen LogP contribution in [0.5, 0.6) is 0 Å². The quantitative estimate of drug-likeness (QED) is 0.0434. The van der Waals surface area contributed by atoms with Gasteiger partial charge < -0.3 is 14.6 Å². The highest BCUT2D eigenvalue weighted by molar-refractivity contribution is 5.70. The minimum atomic E-state index is -1.03. The third-order valence-corrected chi connectivity index (χ3v) is 7.11.